The summed E-state index contributed by atoms with van der Waals surface area (Å²) in [6.07, 6.45) is -7.53. The van der Waals surface area contributed by atoms with Crippen molar-refractivity contribution >= 4 is 45.4 Å². The van der Waals surface area contributed by atoms with Crippen LogP contribution in [0.1, 0.15) is 48.2 Å². The van der Waals surface area contributed by atoms with E-state index in [-0.39, 0.29) is 84.4 Å². The number of aryl methyl sites for hydroxylation is 2. The molecule has 2 saturated heterocycles. The normalized spacial score (nSPS) is 18.5. The van der Waals surface area contributed by atoms with Crippen LogP contribution in [0.2, 0.25) is 0 Å². The zero-order valence-corrected chi connectivity index (χ0v) is 36.2. The number of alkyl halides is 8. The SMILES string of the molecule is Cl.[C-]#[N+]c1cnc(-c2ccc(C(F)(F)F)nc2)cc1CCC(=O)[C@@H]1[C@@H](F)CCN1S(=O)(=O)c1ccc(F)cc1.[C-]#[N+]c1cnc(-c2ccc(C(F)(F)F)nc2)cc1CCC(=O)[C@H]1NCC[C@@H]1F. The van der Waals surface area contributed by atoms with Crippen molar-refractivity contribution in [2.45, 2.75) is 80.2 Å². The molecule has 2 aliphatic rings. The second-order valence-corrected chi connectivity index (χ2v) is 16.9. The molecule has 67 heavy (non-hydrogen) atoms. The van der Waals surface area contributed by atoms with Crippen LogP contribution in [0.3, 0.4) is 0 Å². The molecule has 4 aromatic heterocycles. The second kappa shape index (κ2) is 21.5. The van der Waals surface area contributed by atoms with Gasteiger partial charge in [-0.1, -0.05) is 0 Å². The van der Waals surface area contributed by atoms with Crippen molar-refractivity contribution in [3.8, 4) is 22.5 Å². The highest BCUT2D eigenvalue weighted by molar-refractivity contribution is 7.89. The number of nitrogens with one attached hydrogen (secondary N) is 1. The van der Waals surface area contributed by atoms with Crippen molar-refractivity contribution in [1.29, 1.82) is 0 Å². The Hall–Kier alpha value is -6.33. The number of sulfonamides is 1. The van der Waals surface area contributed by atoms with E-state index in [1.807, 2.05) is 0 Å². The minimum absolute atomic E-state index is 0. The molecule has 2 fully saturated rings. The minimum atomic E-state index is -4.61. The number of carbonyl (C=O) groups is 2. The Morgan fingerprint density at radius 2 is 1.19 bits per heavy atom. The smallest absolute Gasteiger partial charge is 0.305 e. The molecular weight excluding hydrogens is 943 g/mol. The summed E-state index contributed by atoms with van der Waals surface area (Å²) < 4.78 is 145. The molecule has 0 bridgehead atoms. The summed E-state index contributed by atoms with van der Waals surface area (Å²) in [5.41, 5.74) is 0.266. The lowest BCUT2D eigenvalue weighted by molar-refractivity contribution is -0.141. The largest absolute Gasteiger partial charge is 0.433 e. The van der Waals surface area contributed by atoms with Crippen LogP contribution in [-0.2, 0) is 44.8 Å². The van der Waals surface area contributed by atoms with Gasteiger partial charge >= 0.3 is 12.4 Å². The quantitative estimate of drug-likeness (QED) is 0.0955. The van der Waals surface area contributed by atoms with Crippen LogP contribution in [0.15, 0.2) is 90.3 Å². The summed E-state index contributed by atoms with van der Waals surface area (Å²) in [6, 6.07) is 8.63. The molecule has 5 aromatic rings. The highest BCUT2D eigenvalue weighted by atomic mass is 35.5. The summed E-state index contributed by atoms with van der Waals surface area (Å²) in [7, 11) is -4.27. The first-order valence-electron chi connectivity index (χ1n) is 19.9. The van der Waals surface area contributed by atoms with Gasteiger partial charge in [0.25, 0.3) is 0 Å². The zero-order valence-electron chi connectivity index (χ0n) is 34.5. The molecular formula is C44H36ClF9N8O4S. The molecule has 352 valence electrons. The topological polar surface area (TPSA) is 144 Å². The van der Waals surface area contributed by atoms with Crippen molar-refractivity contribution in [2.75, 3.05) is 13.1 Å². The average molecular weight is 979 g/mol. The monoisotopic (exact) mass is 978 g/mol. The van der Waals surface area contributed by atoms with E-state index >= 15 is 0 Å². The molecule has 7 rings (SSSR count). The first-order chi connectivity index (χ1) is 31.2. The number of ketones is 2. The van der Waals surface area contributed by atoms with Gasteiger partial charge < -0.3 is 5.32 Å². The molecule has 6 heterocycles. The Bertz CT molecular complexity index is 2770. The Morgan fingerprint density at radius 1 is 0.701 bits per heavy atom. The van der Waals surface area contributed by atoms with Gasteiger partial charge in [-0.3, -0.25) is 29.5 Å². The van der Waals surface area contributed by atoms with E-state index in [1.165, 1.54) is 30.6 Å². The van der Waals surface area contributed by atoms with E-state index in [4.69, 9.17) is 13.1 Å². The number of rotatable bonds is 12. The van der Waals surface area contributed by atoms with E-state index in [0.717, 1.165) is 53.1 Å². The minimum Gasteiger partial charge on any atom is -0.305 e. The first kappa shape index (κ1) is 51.7. The van der Waals surface area contributed by atoms with Crippen LogP contribution in [0, 0.1) is 19.0 Å². The Labute approximate surface area is 383 Å². The van der Waals surface area contributed by atoms with Crippen molar-refractivity contribution in [3.05, 3.63) is 137 Å². The van der Waals surface area contributed by atoms with Crippen LogP contribution in [0.4, 0.5) is 50.9 Å². The molecule has 0 spiro atoms. The molecule has 1 aromatic carbocycles. The molecule has 12 nitrogen and oxygen atoms in total. The van der Waals surface area contributed by atoms with E-state index in [0.29, 0.717) is 35.3 Å². The lowest BCUT2D eigenvalue weighted by Crippen LogP contribution is -2.44. The van der Waals surface area contributed by atoms with Gasteiger partial charge in [-0.05, 0) is 104 Å². The fourth-order valence-electron chi connectivity index (χ4n) is 7.23. The van der Waals surface area contributed by atoms with Gasteiger partial charge in [0.15, 0.2) is 11.6 Å². The number of hydrogen-bond acceptors (Lipinski definition) is 9. The molecule has 0 unspecified atom stereocenters. The molecule has 4 atom stereocenters. The third-order valence-electron chi connectivity index (χ3n) is 10.7. The predicted molar refractivity (Wildman–Crippen MR) is 226 cm³/mol. The van der Waals surface area contributed by atoms with Crippen LogP contribution < -0.4 is 5.32 Å². The maximum Gasteiger partial charge on any atom is 0.433 e. The number of Topliss-reactive ketones (excluding diaryl/α,β-unsaturated/α-hetero) is 2. The first-order valence-corrected chi connectivity index (χ1v) is 21.3. The summed E-state index contributed by atoms with van der Waals surface area (Å²) in [6.45, 7) is 14.8. The van der Waals surface area contributed by atoms with Gasteiger partial charge in [0.05, 0.1) is 35.5 Å². The standard InChI is InChI=1S/C25H19F5N4O3S.C19H16F4N4O.ClH/c1-31-21-14-32-20(16-3-9-23(33-13-16)25(28,29)30)12-15(21)2-8-22(35)24-19(27)10-11-34(24)38(36,37)18-6-4-17(26)5-7-18;1-24-15-10-26-14(12-3-5-17(27-9-12)19(21,22)23)8-11(15)2-4-16(28)18-13(20)6-7-25-18;/h3-7,9,12-14,19,24H,2,8,10-11H2;3,5,8-10,13,18,25H,2,4,6-7H2;1H/t19-,24-;13-,18-;/m00./s1. The van der Waals surface area contributed by atoms with Crippen LogP contribution in [0.25, 0.3) is 32.2 Å². The fourth-order valence-corrected chi connectivity index (χ4v) is 8.88. The van der Waals surface area contributed by atoms with Crippen LogP contribution >= 0.6 is 12.4 Å². The van der Waals surface area contributed by atoms with Gasteiger partial charge in [-0.15, -0.1) is 12.4 Å². The Morgan fingerprint density at radius 3 is 1.61 bits per heavy atom. The maximum atomic E-state index is 14.7. The van der Waals surface area contributed by atoms with E-state index in [2.05, 4.69) is 34.9 Å². The summed E-state index contributed by atoms with van der Waals surface area (Å²) in [4.78, 5) is 46.6. The number of pyridine rings is 4. The van der Waals surface area contributed by atoms with Crippen LogP contribution in [-0.4, -0.2) is 81.7 Å². The molecule has 0 amide bonds. The third-order valence-corrected chi connectivity index (χ3v) is 12.6. The molecule has 1 N–H and O–H groups in total. The van der Waals surface area contributed by atoms with Gasteiger partial charge in [0.2, 0.25) is 21.4 Å². The number of nitrogens with zero attached hydrogens (tertiary/aromatic N) is 7. The van der Waals surface area contributed by atoms with Crippen molar-refractivity contribution in [3.63, 3.8) is 0 Å². The number of benzene rings is 1. The van der Waals surface area contributed by atoms with Crippen LogP contribution in [0.5, 0.6) is 0 Å². The van der Waals surface area contributed by atoms with Gasteiger partial charge in [0, 0.05) is 55.3 Å². The average Bonchev–Trinajstić information content (AvgIpc) is 3.92. The van der Waals surface area contributed by atoms with Gasteiger partial charge in [0.1, 0.15) is 35.6 Å². The maximum absolute atomic E-state index is 14.7. The fraction of sp³-hybridized carbons (Fsp3) is 0.318. The highest BCUT2D eigenvalue weighted by Gasteiger charge is 2.45. The summed E-state index contributed by atoms with van der Waals surface area (Å²) in [5.74, 6) is -1.62. The lowest BCUT2D eigenvalue weighted by Gasteiger charge is -2.24. The summed E-state index contributed by atoms with van der Waals surface area (Å²) >= 11 is 0. The van der Waals surface area contributed by atoms with Gasteiger partial charge in [-0.2, -0.15) is 30.6 Å². The Balaban J connectivity index is 0.000000258. The second-order valence-electron chi connectivity index (χ2n) is 15.0. The Kier molecular flexibility index (Phi) is 16.6. The molecule has 23 heteroatoms. The van der Waals surface area contributed by atoms with Crippen molar-refractivity contribution < 1.29 is 57.5 Å². The predicted octanol–water partition coefficient (Wildman–Crippen LogP) is 9.49. The molecule has 0 aliphatic carbocycles. The number of carbonyl (C=O) groups excluding carboxylic acids is 2. The lowest BCUT2D eigenvalue weighted by atomic mass is 10.00. The number of halogens is 10. The molecule has 0 saturated carbocycles. The van der Waals surface area contributed by atoms with E-state index in [1.54, 1.807) is 6.07 Å². The third kappa shape index (κ3) is 12.4. The van der Waals surface area contributed by atoms with Gasteiger partial charge in [-0.25, -0.2) is 31.3 Å². The number of aromatic nitrogens is 4. The van der Waals surface area contributed by atoms with E-state index < -0.39 is 69.8 Å². The molecule has 2 aliphatic heterocycles. The highest BCUT2D eigenvalue weighted by Crippen LogP contribution is 2.34. The van der Waals surface area contributed by atoms with Crippen molar-refractivity contribution in [2.24, 2.45) is 0 Å². The van der Waals surface area contributed by atoms with Crippen molar-refractivity contribution in [1.82, 2.24) is 29.6 Å². The summed E-state index contributed by atoms with van der Waals surface area (Å²) in [5, 5.41) is 2.83. The zero-order chi connectivity index (χ0) is 48.0. The van der Waals surface area contributed by atoms with E-state index in [9.17, 15) is 57.5 Å². The molecule has 0 radical (unpaired) electrons. The number of hydrogen-bond donors (Lipinski definition) is 1.